The molecule has 0 aromatic rings. The first kappa shape index (κ1) is 107. The van der Waals surface area contributed by atoms with Gasteiger partial charge in [-0.2, -0.15) is 0 Å². The van der Waals surface area contributed by atoms with Crippen LogP contribution in [0.5, 0.6) is 0 Å². The van der Waals surface area contributed by atoms with Crippen molar-refractivity contribution >= 4 is 0 Å². The lowest BCUT2D eigenvalue weighted by molar-refractivity contribution is -0.367. The molecule has 700 valence electrons. The summed E-state index contributed by atoms with van der Waals surface area (Å²) in [6.07, 6.45) is -22.4. The molecule has 118 heavy (non-hydrogen) atoms. The van der Waals surface area contributed by atoms with Crippen LogP contribution in [0.3, 0.4) is 0 Å². The maximum Gasteiger partial charge on any atom is 0.187 e. The van der Waals surface area contributed by atoms with Gasteiger partial charge in [-0.25, -0.2) is 0 Å². The zero-order chi connectivity index (χ0) is 86.7. The molecule has 0 spiro atoms. The third kappa shape index (κ3) is 35.0. The van der Waals surface area contributed by atoms with Gasteiger partial charge in [-0.05, 0) is 44.4 Å². The lowest BCUT2D eigenvalue weighted by atomic mass is 9.91. The second-order valence-electron chi connectivity index (χ2n) is 33.4. The van der Waals surface area contributed by atoms with Crippen LogP contribution in [0.25, 0.3) is 0 Å². The first-order valence-corrected chi connectivity index (χ1v) is 44.0. The van der Waals surface area contributed by atoms with E-state index < -0.39 is 262 Å². The zero-order valence-electron chi connectivity index (χ0n) is 70.6. The van der Waals surface area contributed by atoms with Crippen LogP contribution in [-0.2, 0) is 71.1 Å². The Kier molecular flexibility index (Phi) is 54.1. The van der Waals surface area contributed by atoms with Crippen molar-refractivity contribution in [2.75, 3.05) is 106 Å². The van der Waals surface area contributed by atoms with Crippen LogP contribution in [0, 0.1) is 23.2 Å². The Labute approximate surface area is 697 Å². The first-order chi connectivity index (χ1) is 56.8. The van der Waals surface area contributed by atoms with E-state index in [2.05, 4.69) is 27.7 Å². The minimum atomic E-state index is -2.15. The summed E-state index contributed by atoms with van der Waals surface area (Å²) >= 11 is 0. The van der Waals surface area contributed by atoms with E-state index >= 15 is 0 Å². The second-order valence-corrected chi connectivity index (χ2v) is 33.4. The van der Waals surface area contributed by atoms with Gasteiger partial charge in [-0.1, -0.05) is 182 Å². The molecule has 5 rings (SSSR count). The van der Waals surface area contributed by atoms with Gasteiger partial charge in [-0.15, -0.1) is 0 Å². The predicted octanol–water partition coefficient (Wildman–Crippen LogP) is -0.567. The Morgan fingerprint density at radius 1 is 0.297 bits per heavy atom. The lowest BCUT2D eigenvalue weighted by Gasteiger charge is -2.47. The minimum Gasteiger partial charge on any atom is -0.394 e. The molecule has 21 N–H and O–H groups in total. The molecule has 0 saturated carbocycles. The van der Waals surface area contributed by atoms with Gasteiger partial charge in [0.15, 0.2) is 31.5 Å². The van der Waals surface area contributed by atoms with E-state index in [1.165, 1.54) is 58.3 Å². The molecule has 0 bridgehead atoms. The number of aliphatic hydroxyl groups is 21. The van der Waals surface area contributed by atoms with Crippen molar-refractivity contribution in [2.45, 2.75) is 392 Å². The molecule has 17 unspecified atom stereocenters. The molecule has 5 fully saturated rings. The van der Waals surface area contributed by atoms with Crippen molar-refractivity contribution < 1.29 is 178 Å². The molecular formula is C82H156O36. The van der Waals surface area contributed by atoms with Gasteiger partial charge < -0.3 is 178 Å². The topological polar surface area (TPSA) is 563 Å². The maximum absolute atomic E-state index is 12.0. The average Bonchev–Trinajstić information content (AvgIpc) is 0.785. The van der Waals surface area contributed by atoms with Crippen molar-refractivity contribution in [2.24, 2.45) is 23.2 Å². The third-order valence-corrected chi connectivity index (χ3v) is 23.4. The van der Waals surface area contributed by atoms with Gasteiger partial charge in [0.2, 0.25) is 0 Å². The standard InChI is InChI=1S/C82H156O36/c1-6-10-14-18-22-26-30-51(31-27-23-19-15-11-7-2)40-104-42-53(43-105-41-52(32-28-24-20-16-12-8-3)33-29-25-21-17-13-9-4)44-106-45-82(46-107-77-71(101)66(96)74(57(37-86)114-77)111-49-110-54(34-83)61(91)60(90)50(5)89,47-108-78-72(102)67(97)75(58(38-87)115-78)117-80-69(99)64(94)62(92)55(35-84)112-80)48-109-79-73(103)68(98)76(59(39-88)116-79)118-81-70(100)65(95)63(93)56(36-85)113-81/h50-81,83-103H,6-49H2,1-5H3/t50-,54?,55?,56?,57?,58?,59?,60?,61-,62-,63-,64?,65?,66?,67?,68?,69?,70?,71?,72?,73?,74+,75-,76-,77-,78-,79-,80-,81-,82?/m1/s1. The van der Waals surface area contributed by atoms with Crippen molar-refractivity contribution in [3.8, 4) is 0 Å². The largest absolute Gasteiger partial charge is 0.394 e. The van der Waals surface area contributed by atoms with E-state index in [-0.39, 0.29) is 31.7 Å². The van der Waals surface area contributed by atoms with Gasteiger partial charge in [0, 0.05) is 19.1 Å². The molecule has 0 radical (unpaired) electrons. The van der Waals surface area contributed by atoms with E-state index in [1.54, 1.807) is 0 Å². The highest BCUT2D eigenvalue weighted by Crippen LogP contribution is 2.37. The Morgan fingerprint density at radius 2 is 0.593 bits per heavy atom. The van der Waals surface area contributed by atoms with E-state index in [9.17, 15) is 107 Å². The summed E-state index contributed by atoms with van der Waals surface area (Å²) in [5, 5.41) is 229. The zero-order valence-corrected chi connectivity index (χ0v) is 70.6. The highest BCUT2D eigenvalue weighted by molar-refractivity contribution is 4.98. The first-order valence-electron chi connectivity index (χ1n) is 44.0. The van der Waals surface area contributed by atoms with Crippen LogP contribution in [0.2, 0.25) is 0 Å². The van der Waals surface area contributed by atoms with E-state index in [0.717, 1.165) is 128 Å². The summed E-state index contributed by atoms with van der Waals surface area (Å²) in [6, 6.07) is 0. The lowest BCUT2D eigenvalue weighted by Crippen LogP contribution is -2.65. The van der Waals surface area contributed by atoms with Gasteiger partial charge in [0.25, 0.3) is 0 Å². The molecule has 5 saturated heterocycles. The highest BCUT2D eigenvalue weighted by atomic mass is 16.8. The van der Waals surface area contributed by atoms with Crippen molar-refractivity contribution in [1.29, 1.82) is 0 Å². The SMILES string of the molecule is CCCCCCCCC(CCCCCCCC)COCC(COCC(CCCCCCCC)CCCCCCCC)COCC(CO[C@@H]1OC(CO)[C@@H](O[C@H]2OC(CO)[C@@H](O)C(O)C2O)C(O)C1O)(CO[C@@H]1OC(CO)[C@@H](O[C@H]2OC(CO)[C@@H](O)C(O)C2O)C(O)C1O)CO[C@@H]1OC(CO)[C@H](OCOC(CO)[C@@H](O)C(O)[C@@H](C)O)C(O)C1O. The molecule has 0 aromatic heterocycles. The summed E-state index contributed by atoms with van der Waals surface area (Å²) in [5.74, 6) is 0.0247. The molecule has 29 atom stereocenters. The van der Waals surface area contributed by atoms with Crippen LogP contribution in [0.4, 0.5) is 0 Å². The Morgan fingerprint density at radius 3 is 0.924 bits per heavy atom. The molecule has 0 amide bonds. The molecule has 5 heterocycles. The predicted molar refractivity (Wildman–Crippen MR) is 421 cm³/mol. The van der Waals surface area contributed by atoms with Crippen molar-refractivity contribution in [1.82, 2.24) is 0 Å². The Bertz CT molecular complexity index is 2300. The van der Waals surface area contributed by atoms with Gasteiger partial charge in [0.05, 0.1) is 97.4 Å². The van der Waals surface area contributed by atoms with Crippen LogP contribution in [0.15, 0.2) is 0 Å². The van der Waals surface area contributed by atoms with Crippen LogP contribution in [-0.4, -0.2) is 391 Å². The fourth-order valence-electron chi connectivity index (χ4n) is 15.6. The quantitative estimate of drug-likeness (QED) is 0.0268. The Hall–Kier alpha value is -1.44. The van der Waals surface area contributed by atoms with Gasteiger partial charge in [-0.3, -0.25) is 0 Å². The minimum absolute atomic E-state index is 0.127. The van der Waals surface area contributed by atoms with Crippen LogP contribution in [0.1, 0.15) is 214 Å². The van der Waals surface area contributed by atoms with E-state index in [0.29, 0.717) is 13.2 Å². The van der Waals surface area contributed by atoms with Crippen molar-refractivity contribution in [3.05, 3.63) is 0 Å². The number of aliphatic hydroxyl groups excluding tert-OH is 21. The molecule has 0 aliphatic carbocycles. The summed E-state index contributed by atoms with van der Waals surface area (Å²) in [7, 11) is 0. The summed E-state index contributed by atoms with van der Waals surface area (Å²) in [6.45, 7) is 1.69. The summed E-state index contributed by atoms with van der Waals surface area (Å²) in [5.41, 5.74) is -1.98. The van der Waals surface area contributed by atoms with Gasteiger partial charge >= 0.3 is 0 Å². The number of hydrogen-bond acceptors (Lipinski definition) is 36. The van der Waals surface area contributed by atoms with E-state index in [1.807, 2.05) is 0 Å². The molecule has 36 heteroatoms. The van der Waals surface area contributed by atoms with E-state index in [4.69, 9.17) is 71.1 Å². The Balaban J connectivity index is 1.59. The van der Waals surface area contributed by atoms with Crippen LogP contribution < -0.4 is 0 Å². The fraction of sp³-hybridized carbons (Fsp3) is 1.00. The fourth-order valence-corrected chi connectivity index (χ4v) is 15.6. The second kappa shape index (κ2) is 59.6. The summed E-state index contributed by atoms with van der Waals surface area (Å²) in [4.78, 5) is 0. The number of rotatable bonds is 66. The van der Waals surface area contributed by atoms with Crippen molar-refractivity contribution in [3.63, 3.8) is 0 Å². The molecule has 36 nitrogen and oxygen atoms in total. The summed E-state index contributed by atoms with van der Waals surface area (Å²) < 4.78 is 91.9. The normalized spacial score (nSPS) is 33.4. The molecule has 5 aliphatic rings. The van der Waals surface area contributed by atoms with Crippen LogP contribution >= 0.6 is 0 Å². The molecule has 0 aromatic carbocycles. The highest BCUT2D eigenvalue weighted by Gasteiger charge is 2.55. The number of unbranched alkanes of at least 4 members (excludes halogenated alkanes) is 20. The smallest absolute Gasteiger partial charge is 0.187 e. The monoisotopic (exact) mass is 1720 g/mol. The molecule has 5 aliphatic heterocycles. The third-order valence-electron chi connectivity index (χ3n) is 23.4. The number of hydrogen-bond donors (Lipinski definition) is 21. The molecular weight excluding hydrogens is 1560 g/mol. The average molecular weight is 1720 g/mol. The van der Waals surface area contributed by atoms with Gasteiger partial charge in [0.1, 0.15) is 147 Å². The number of ether oxygens (including phenoxy) is 15. The maximum atomic E-state index is 12.0.